The van der Waals surface area contributed by atoms with Crippen LogP contribution in [-0.4, -0.2) is 71.3 Å². The van der Waals surface area contributed by atoms with Crippen LogP contribution in [0.5, 0.6) is 0 Å². The van der Waals surface area contributed by atoms with Gasteiger partial charge in [-0.3, -0.25) is 4.79 Å². The molecule has 0 bridgehead atoms. The molecular weight excluding hydrogens is 244 g/mol. The Bertz CT molecular complexity index is 300. The fraction of sp³-hybridized carbons (Fsp3) is 0.800. The second-order valence-electron chi connectivity index (χ2n) is 3.84. The summed E-state index contributed by atoms with van der Waals surface area (Å²) in [7, 11) is 0. The van der Waals surface area contributed by atoms with Gasteiger partial charge in [-0.25, -0.2) is 0 Å². The van der Waals surface area contributed by atoms with Crippen LogP contribution in [0.1, 0.15) is 6.92 Å². The highest BCUT2D eigenvalue weighted by molar-refractivity contribution is 6.25. The molecule has 1 rings (SSSR count). The molecule has 5 unspecified atom stereocenters. The van der Waals surface area contributed by atoms with Crippen molar-refractivity contribution in [3.05, 3.63) is 0 Å². The van der Waals surface area contributed by atoms with E-state index in [0.717, 1.165) is 0 Å². The average molecular weight is 262 g/mol. The largest absolute Gasteiger partial charge is 0.394 e. The van der Waals surface area contributed by atoms with Gasteiger partial charge in [0.1, 0.15) is 24.4 Å². The van der Waals surface area contributed by atoms with Gasteiger partial charge in [-0.15, -0.1) is 0 Å². The lowest BCUT2D eigenvalue weighted by molar-refractivity contribution is -0.268. The molecule has 18 heavy (non-hydrogen) atoms. The summed E-state index contributed by atoms with van der Waals surface area (Å²) in [6.07, 6.45) is -4.13. The number of carbonyl (C=O) groups excluding carboxylic acids is 1. The normalized spacial score (nSPS) is 36.1. The van der Waals surface area contributed by atoms with E-state index in [0.29, 0.717) is 6.21 Å². The monoisotopic (exact) mass is 262 g/mol. The summed E-state index contributed by atoms with van der Waals surface area (Å²) in [5.74, 6) is -0.734. The molecular formula is C10H18N2O6. The van der Waals surface area contributed by atoms with Gasteiger partial charge in [-0.05, 0) is 6.92 Å². The van der Waals surface area contributed by atoms with Gasteiger partial charge in [0.15, 0.2) is 6.29 Å². The molecule has 1 aliphatic rings. The van der Waals surface area contributed by atoms with Crippen molar-refractivity contribution in [2.75, 3.05) is 13.2 Å². The minimum atomic E-state index is -1.35. The van der Waals surface area contributed by atoms with Crippen LogP contribution < -0.4 is 5.32 Å². The molecule has 1 aliphatic heterocycles. The van der Waals surface area contributed by atoms with Crippen molar-refractivity contribution in [3.8, 4) is 0 Å². The third kappa shape index (κ3) is 3.24. The number of hydrogen-bond donors (Lipinski definition) is 5. The predicted molar refractivity (Wildman–Crippen MR) is 60.1 cm³/mol. The van der Waals surface area contributed by atoms with E-state index in [4.69, 9.17) is 20.0 Å². The van der Waals surface area contributed by atoms with Crippen molar-refractivity contribution >= 4 is 12.1 Å². The van der Waals surface area contributed by atoms with E-state index < -0.39 is 43.2 Å². The Hall–Kier alpha value is -1.06. The molecule has 8 heteroatoms. The number of rotatable bonds is 5. The Balaban J connectivity index is 2.81. The fourth-order valence-corrected chi connectivity index (χ4v) is 1.75. The van der Waals surface area contributed by atoms with Crippen LogP contribution >= 0.6 is 0 Å². The van der Waals surface area contributed by atoms with Crippen molar-refractivity contribution < 1.29 is 29.6 Å². The molecule has 0 spiro atoms. The van der Waals surface area contributed by atoms with Gasteiger partial charge in [0.05, 0.1) is 12.8 Å². The van der Waals surface area contributed by atoms with Crippen LogP contribution in [-0.2, 0) is 14.3 Å². The number of aliphatic hydroxyl groups excluding tert-OH is 3. The first-order valence-electron chi connectivity index (χ1n) is 5.60. The molecule has 1 amide bonds. The SMILES string of the molecule is CCOC1OC(CO)C(O)C(O)C1NC(=O)C=N. The van der Waals surface area contributed by atoms with Gasteiger partial charge in [-0.2, -0.15) is 0 Å². The van der Waals surface area contributed by atoms with Crippen molar-refractivity contribution in [1.82, 2.24) is 5.32 Å². The number of amides is 1. The molecule has 5 N–H and O–H groups in total. The summed E-state index contributed by atoms with van der Waals surface area (Å²) in [5.41, 5.74) is 0. The quantitative estimate of drug-likeness (QED) is 0.351. The van der Waals surface area contributed by atoms with E-state index in [9.17, 15) is 15.0 Å². The first kappa shape index (κ1) is 15.0. The maximum Gasteiger partial charge on any atom is 0.262 e. The van der Waals surface area contributed by atoms with E-state index in [-0.39, 0.29) is 6.61 Å². The van der Waals surface area contributed by atoms with Gasteiger partial charge in [0.25, 0.3) is 5.91 Å². The van der Waals surface area contributed by atoms with Crippen molar-refractivity contribution in [3.63, 3.8) is 0 Å². The molecule has 0 saturated carbocycles. The molecule has 1 heterocycles. The van der Waals surface area contributed by atoms with Gasteiger partial charge >= 0.3 is 0 Å². The molecule has 0 radical (unpaired) electrons. The molecule has 0 aromatic heterocycles. The minimum Gasteiger partial charge on any atom is -0.394 e. The molecule has 5 atom stereocenters. The highest BCUT2D eigenvalue weighted by Crippen LogP contribution is 2.21. The molecule has 1 fully saturated rings. The highest BCUT2D eigenvalue weighted by Gasteiger charge is 2.45. The Kier molecular flexibility index (Phi) is 5.63. The van der Waals surface area contributed by atoms with Crippen LogP contribution in [0.15, 0.2) is 0 Å². The maximum absolute atomic E-state index is 11.1. The van der Waals surface area contributed by atoms with E-state index in [1.165, 1.54) is 0 Å². The molecule has 104 valence electrons. The number of nitrogens with one attached hydrogen (secondary N) is 2. The van der Waals surface area contributed by atoms with Crippen molar-refractivity contribution in [1.29, 1.82) is 5.41 Å². The third-order valence-corrected chi connectivity index (χ3v) is 2.65. The van der Waals surface area contributed by atoms with E-state index in [1.54, 1.807) is 6.92 Å². The van der Waals surface area contributed by atoms with Crippen LogP contribution in [0, 0.1) is 5.41 Å². The average Bonchev–Trinajstić information content (AvgIpc) is 2.37. The van der Waals surface area contributed by atoms with Crippen LogP contribution in [0.4, 0.5) is 0 Å². The van der Waals surface area contributed by atoms with Gasteiger partial charge < -0.3 is 35.5 Å². The van der Waals surface area contributed by atoms with Crippen molar-refractivity contribution in [2.45, 2.75) is 37.6 Å². The lowest BCUT2D eigenvalue weighted by Gasteiger charge is -2.41. The molecule has 8 nitrogen and oxygen atoms in total. The molecule has 0 aromatic carbocycles. The highest BCUT2D eigenvalue weighted by atomic mass is 16.7. The summed E-state index contributed by atoms with van der Waals surface area (Å²) in [6.45, 7) is 1.49. The standard InChI is InChI=1S/C10H18N2O6/c1-2-17-10-7(12-6(14)3-11)9(16)8(15)5(4-13)18-10/h3,5,7-11,13,15-16H,2,4H2,1H3,(H,12,14). The van der Waals surface area contributed by atoms with Gasteiger partial charge in [0, 0.05) is 6.61 Å². The Morgan fingerprint density at radius 1 is 1.50 bits per heavy atom. The van der Waals surface area contributed by atoms with E-state index in [1.807, 2.05) is 0 Å². The second kappa shape index (κ2) is 6.76. The van der Waals surface area contributed by atoms with Gasteiger partial charge in [-0.1, -0.05) is 0 Å². The van der Waals surface area contributed by atoms with Crippen LogP contribution in [0.2, 0.25) is 0 Å². The number of carbonyl (C=O) groups is 1. The summed E-state index contributed by atoms with van der Waals surface area (Å²) in [5, 5.41) is 37.6. The number of aliphatic hydroxyl groups is 3. The Labute approximate surface area is 104 Å². The zero-order valence-corrected chi connectivity index (χ0v) is 9.94. The number of hydrogen-bond acceptors (Lipinski definition) is 7. The first-order valence-corrected chi connectivity index (χ1v) is 5.60. The first-order chi connectivity index (χ1) is 8.54. The summed E-state index contributed by atoms with van der Waals surface area (Å²) in [4.78, 5) is 11.1. The summed E-state index contributed by atoms with van der Waals surface area (Å²) >= 11 is 0. The lowest BCUT2D eigenvalue weighted by Crippen LogP contribution is -2.64. The predicted octanol–water partition coefficient (Wildman–Crippen LogP) is -2.40. The Morgan fingerprint density at radius 3 is 2.67 bits per heavy atom. The second-order valence-corrected chi connectivity index (χ2v) is 3.84. The smallest absolute Gasteiger partial charge is 0.262 e. The maximum atomic E-state index is 11.1. The summed E-state index contributed by atoms with van der Waals surface area (Å²) in [6, 6.07) is -1.00. The van der Waals surface area contributed by atoms with E-state index in [2.05, 4.69) is 5.32 Å². The fourth-order valence-electron chi connectivity index (χ4n) is 1.75. The van der Waals surface area contributed by atoms with Gasteiger partial charge in [0.2, 0.25) is 0 Å². The lowest BCUT2D eigenvalue weighted by atomic mass is 9.97. The summed E-state index contributed by atoms with van der Waals surface area (Å²) < 4.78 is 10.4. The zero-order valence-electron chi connectivity index (χ0n) is 9.94. The number of ether oxygens (including phenoxy) is 2. The van der Waals surface area contributed by atoms with Crippen LogP contribution in [0.3, 0.4) is 0 Å². The van der Waals surface area contributed by atoms with Crippen LogP contribution in [0.25, 0.3) is 0 Å². The van der Waals surface area contributed by atoms with Crippen molar-refractivity contribution in [2.24, 2.45) is 0 Å². The topological polar surface area (TPSA) is 132 Å². The Morgan fingerprint density at radius 2 is 2.17 bits per heavy atom. The molecule has 0 aliphatic carbocycles. The third-order valence-electron chi connectivity index (χ3n) is 2.65. The molecule has 0 aromatic rings. The van der Waals surface area contributed by atoms with E-state index >= 15 is 0 Å². The molecule has 1 saturated heterocycles. The zero-order chi connectivity index (χ0) is 13.7. The minimum absolute atomic E-state index is 0.266.